The van der Waals surface area contributed by atoms with Crippen LogP contribution in [0.4, 0.5) is 5.69 Å². The van der Waals surface area contributed by atoms with E-state index in [-0.39, 0.29) is 29.8 Å². The van der Waals surface area contributed by atoms with Crippen molar-refractivity contribution < 1.29 is 22.7 Å². The zero-order chi connectivity index (χ0) is 21.3. The molecule has 2 aromatic rings. The number of hydrogen-bond donors (Lipinski definition) is 1. The van der Waals surface area contributed by atoms with E-state index >= 15 is 0 Å². The lowest BCUT2D eigenvalue weighted by molar-refractivity contribution is -0.123. The molecule has 0 radical (unpaired) electrons. The summed E-state index contributed by atoms with van der Waals surface area (Å²) in [4.78, 5) is 30.2. The minimum absolute atomic E-state index is 0.0778. The summed E-state index contributed by atoms with van der Waals surface area (Å²) in [5, 5.41) is 2.71. The van der Waals surface area contributed by atoms with Gasteiger partial charge in [0.2, 0.25) is 10.0 Å². The third kappa shape index (κ3) is 3.75. The monoisotopic (exact) mass is 430 g/mol. The van der Waals surface area contributed by atoms with E-state index in [9.17, 15) is 18.0 Å². The van der Waals surface area contributed by atoms with E-state index in [0.717, 1.165) is 0 Å². The Morgan fingerprint density at radius 2 is 1.87 bits per heavy atom. The van der Waals surface area contributed by atoms with E-state index in [4.69, 9.17) is 4.74 Å². The molecule has 2 aliphatic rings. The molecule has 4 rings (SSSR count). The molecule has 0 unspecified atom stereocenters. The number of hydrogen-bond acceptors (Lipinski definition) is 6. The fraction of sp³-hybridized carbons (Fsp3) is 0.350. The fourth-order valence-electron chi connectivity index (χ4n) is 3.52. The lowest BCUT2D eigenvalue weighted by Crippen LogP contribution is -2.50. The first-order chi connectivity index (χ1) is 14.4. The van der Waals surface area contributed by atoms with Gasteiger partial charge >= 0.3 is 0 Å². The molecule has 10 heteroatoms. The number of ether oxygens (including phenoxy) is 1. The van der Waals surface area contributed by atoms with Crippen LogP contribution in [0.2, 0.25) is 0 Å². The number of carbonyl (C=O) groups excluding carboxylic acids is 2. The third-order valence-corrected chi connectivity index (χ3v) is 7.13. The lowest BCUT2D eigenvalue weighted by atomic mass is 10.2. The summed E-state index contributed by atoms with van der Waals surface area (Å²) in [5.74, 6) is 0.0181. The molecule has 30 heavy (non-hydrogen) atoms. The van der Waals surface area contributed by atoms with Gasteiger partial charge in [-0.25, -0.2) is 8.42 Å². The Balaban J connectivity index is 1.47. The molecule has 158 valence electrons. The Kier molecular flexibility index (Phi) is 5.44. The van der Waals surface area contributed by atoms with Gasteiger partial charge in [-0.05, 0) is 36.8 Å². The Bertz CT molecular complexity index is 1070. The minimum Gasteiger partial charge on any atom is -0.478 e. The van der Waals surface area contributed by atoms with Gasteiger partial charge in [0.05, 0.1) is 10.6 Å². The van der Waals surface area contributed by atoms with Crippen molar-refractivity contribution in [3.05, 3.63) is 48.3 Å². The maximum atomic E-state index is 13.1. The summed E-state index contributed by atoms with van der Waals surface area (Å²) in [6.07, 6.45) is 3.05. The normalized spacial score (nSPS) is 19.6. The number of anilines is 1. The summed E-state index contributed by atoms with van der Waals surface area (Å²) in [7, 11) is -3.77. The summed E-state index contributed by atoms with van der Waals surface area (Å²) in [6, 6.07) is 7.74. The van der Waals surface area contributed by atoms with Crippen molar-refractivity contribution >= 4 is 27.5 Å². The van der Waals surface area contributed by atoms with E-state index in [0.29, 0.717) is 36.5 Å². The number of rotatable bonds is 4. The maximum absolute atomic E-state index is 13.1. The molecule has 2 aliphatic heterocycles. The van der Waals surface area contributed by atoms with Gasteiger partial charge in [0.25, 0.3) is 11.8 Å². The number of aromatic nitrogens is 1. The molecular formula is C20H22N4O5S. The summed E-state index contributed by atoms with van der Waals surface area (Å²) >= 11 is 0. The number of fused-ring (bicyclic) bond motifs is 1. The molecular weight excluding hydrogens is 408 g/mol. The van der Waals surface area contributed by atoms with E-state index in [2.05, 4.69) is 10.3 Å². The largest absolute Gasteiger partial charge is 0.478 e. The average Bonchev–Trinajstić information content (AvgIpc) is 2.78. The van der Waals surface area contributed by atoms with Crippen molar-refractivity contribution in [2.45, 2.75) is 24.3 Å². The zero-order valence-corrected chi connectivity index (χ0v) is 17.3. The van der Waals surface area contributed by atoms with Crippen molar-refractivity contribution in [1.29, 1.82) is 0 Å². The lowest BCUT2D eigenvalue weighted by Gasteiger charge is -2.34. The second kappa shape index (κ2) is 8.04. The predicted molar refractivity (Wildman–Crippen MR) is 109 cm³/mol. The first kappa shape index (κ1) is 20.3. The van der Waals surface area contributed by atoms with Gasteiger partial charge in [-0.2, -0.15) is 4.31 Å². The fourth-order valence-corrected chi connectivity index (χ4v) is 4.97. The van der Waals surface area contributed by atoms with Crippen molar-refractivity contribution in [3.8, 4) is 5.75 Å². The van der Waals surface area contributed by atoms with E-state index < -0.39 is 16.1 Å². The molecule has 2 amide bonds. The molecule has 1 aromatic carbocycles. The first-order valence-electron chi connectivity index (χ1n) is 9.71. The van der Waals surface area contributed by atoms with E-state index in [1.54, 1.807) is 35.5 Å². The number of sulfonamides is 1. The van der Waals surface area contributed by atoms with Crippen LogP contribution in [-0.2, 0) is 14.8 Å². The number of piperazine rings is 1. The molecule has 3 heterocycles. The summed E-state index contributed by atoms with van der Waals surface area (Å²) < 4.78 is 33.1. The first-order valence-corrected chi connectivity index (χ1v) is 11.1. The Labute approximate surface area is 174 Å². The van der Waals surface area contributed by atoms with Crippen LogP contribution in [0.25, 0.3) is 0 Å². The standard InChI is InChI=1S/C20H22N4O5S/c1-2-17-19(25)22-16-13-15(3-4-18(16)29-17)30(27,28)24-11-9-23(10-12-24)20(26)14-5-7-21-8-6-14/h3-8,13,17H,2,9-12H2,1H3,(H,22,25)/t17-/m1/s1. The highest BCUT2D eigenvalue weighted by Crippen LogP contribution is 2.33. The zero-order valence-electron chi connectivity index (χ0n) is 16.4. The summed E-state index contributed by atoms with van der Waals surface area (Å²) in [5.41, 5.74) is 0.870. The van der Waals surface area contributed by atoms with Gasteiger partial charge in [-0.3, -0.25) is 14.6 Å². The van der Waals surface area contributed by atoms with Crippen LogP contribution in [0.5, 0.6) is 5.75 Å². The smallest absolute Gasteiger partial charge is 0.265 e. The number of carbonyl (C=O) groups is 2. The molecule has 0 bridgehead atoms. The highest BCUT2D eigenvalue weighted by molar-refractivity contribution is 7.89. The van der Waals surface area contributed by atoms with Gasteiger partial charge in [-0.15, -0.1) is 0 Å². The third-order valence-electron chi connectivity index (χ3n) is 5.23. The molecule has 1 atom stereocenters. The van der Waals surface area contributed by atoms with Crippen LogP contribution in [0.1, 0.15) is 23.7 Å². The molecule has 0 saturated carbocycles. The van der Waals surface area contributed by atoms with Crippen molar-refractivity contribution in [1.82, 2.24) is 14.2 Å². The topological polar surface area (TPSA) is 109 Å². The second-order valence-electron chi connectivity index (χ2n) is 7.09. The minimum atomic E-state index is -3.77. The van der Waals surface area contributed by atoms with Gasteiger partial charge in [-0.1, -0.05) is 6.92 Å². The molecule has 0 spiro atoms. The number of nitrogens with zero attached hydrogens (tertiary/aromatic N) is 3. The molecule has 9 nitrogen and oxygen atoms in total. The number of pyridine rings is 1. The van der Waals surface area contributed by atoms with Crippen molar-refractivity contribution in [3.63, 3.8) is 0 Å². The van der Waals surface area contributed by atoms with Gasteiger partial charge < -0.3 is 15.0 Å². The van der Waals surface area contributed by atoms with Gasteiger partial charge in [0, 0.05) is 44.1 Å². The molecule has 0 aliphatic carbocycles. The SMILES string of the molecule is CC[C@H]1Oc2ccc(S(=O)(=O)N3CCN(C(=O)c4ccncc4)CC3)cc2NC1=O. The molecule has 1 fully saturated rings. The average molecular weight is 430 g/mol. The molecule has 1 aromatic heterocycles. The number of benzene rings is 1. The van der Waals surface area contributed by atoms with Crippen LogP contribution in [0.15, 0.2) is 47.6 Å². The van der Waals surface area contributed by atoms with E-state index in [1.807, 2.05) is 6.92 Å². The highest BCUT2D eigenvalue weighted by Gasteiger charge is 2.32. The van der Waals surface area contributed by atoms with Gasteiger partial charge in [0.15, 0.2) is 6.10 Å². The quantitative estimate of drug-likeness (QED) is 0.784. The molecule has 1 N–H and O–H groups in total. The predicted octanol–water partition coefficient (Wildman–Crippen LogP) is 1.34. The van der Waals surface area contributed by atoms with Crippen LogP contribution in [0.3, 0.4) is 0 Å². The van der Waals surface area contributed by atoms with Gasteiger partial charge in [0.1, 0.15) is 5.75 Å². The van der Waals surface area contributed by atoms with Crippen LogP contribution in [0, 0.1) is 0 Å². The summed E-state index contributed by atoms with van der Waals surface area (Å²) in [6.45, 7) is 2.81. The van der Waals surface area contributed by atoms with Crippen LogP contribution >= 0.6 is 0 Å². The van der Waals surface area contributed by atoms with E-state index in [1.165, 1.54) is 16.4 Å². The highest BCUT2D eigenvalue weighted by atomic mass is 32.2. The Morgan fingerprint density at radius 3 is 2.53 bits per heavy atom. The van der Waals surface area contributed by atoms with Crippen molar-refractivity contribution in [2.24, 2.45) is 0 Å². The van der Waals surface area contributed by atoms with Crippen LogP contribution < -0.4 is 10.1 Å². The Hall–Kier alpha value is -2.98. The Morgan fingerprint density at radius 1 is 1.17 bits per heavy atom. The van der Waals surface area contributed by atoms with Crippen LogP contribution in [-0.4, -0.2) is 66.7 Å². The number of nitrogens with one attached hydrogen (secondary N) is 1. The number of amides is 2. The maximum Gasteiger partial charge on any atom is 0.265 e. The van der Waals surface area contributed by atoms with Crippen molar-refractivity contribution in [2.75, 3.05) is 31.5 Å². The second-order valence-corrected chi connectivity index (χ2v) is 9.03. The molecule has 1 saturated heterocycles.